The first-order valence-electron chi connectivity index (χ1n) is 6.04. The molecule has 0 spiro atoms. The van der Waals surface area contributed by atoms with Crippen LogP contribution in [0.5, 0.6) is 5.75 Å². The van der Waals surface area contributed by atoms with E-state index in [1.165, 1.54) is 43.7 Å². The molecule has 0 bridgehead atoms. The number of anilines is 1. The Labute approximate surface area is 120 Å². The number of carbonyl (C=O) groups is 2. The van der Waals surface area contributed by atoms with E-state index in [2.05, 4.69) is 10.1 Å². The second-order valence-corrected chi connectivity index (χ2v) is 4.06. The lowest BCUT2D eigenvalue weighted by Gasteiger charge is -2.06. The number of amides is 1. The quantitative estimate of drug-likeness (QED) is 0.512. The minimum Gasteiger partial charge on any atom is -0.506 e. The summed E-state index contributed by atoms with van der Waals surface area (Å²) in [6.07, 6.45) is 4.26. The molecule has 2 aromatic rings. The molecule has 0 unspecified atom stereocenters. The van der Waals surface area contributed by atoms with Gasteiger partial charge in [-0.2, -0.15) is 0 Å². The topological polar surface area (TPSA) is 88.8 Å². The summed E-state index contributed by atoms with van der Waals surface area (Å²) in [7, 11) is 1.24. The van der Waals surface area contributed by atoms with Crippen LogP contribution in [0.25, 0.3) is 6.08 Å². The first-order valence-corrected chi connectivity index (χ1v) is 6.04. The first-order chi connectivity index (χ1) is 10.1. The van der Waals surface area contributed by atoms with Gasteiger partial charge in [0.2, 0.25) is 5.91 Å². The molecule has 2 N–H and O–H groups in total. The van der Waals surface area contributed by atoms with Crippen LogP contribution in [-0.4, -0.2) is 24.1 Å². The number of phenolic OH excluding ortho intramolecular Hbond substituents is 1. The number of ether oxygens (including phenoxy) is 1. The van der Waals surface area contributed by atoms with E-state index in [-0.39, 0.29) is 17.0 Å². The zero-order valence-electron chi connectivity index (χ0n) is 11.2. The summed E-state index contributed by atoms with van der Waals surface area (Å²) >= 11 is 0. The fourth-order valence-corrected chi connectivity index (χ4v) is 1.60. The maximum Gasteiger partial charge on any atom is 0.337 e. The molecule has 1 aromatic carbocycles. The molecule has 1 heterocycles. The van der Waals surface area contributed by atoms with E-state index in [1.54, 1.807) is 12.1 Å². The van der Waals surface area contributed by atoms with Gasteiger partial charge in [0.15, 0.2) is 0 Å². The van der Waals surface area contributed by atoms with Gasteiger partial charge in [0, 0.05) is 6.08 Å². The number of phenols is 1. The number of benzene rings is 1. The maximum absolute atomic E-state index is 11.7. The van der Waals surface area contributed by atoms with Gasteiger partial charge in [-0.3, -0.25) is 4.79 Å². The highest BCUT2D eigenvalue weighted by molar-refractivity contribution is 6.03. The summed E-state index contributed by atoms with van der Waals surface area (Å²) in [6, 6.07) is 7.48. The fourth-order valence-electron chi connectivity index (χ4n) is 1.60. The van der Waals surface area contributed by atoms with Gasteiger partial charge in [-0.1, -0.05) is 0 Å². The Balaban J connectivity index is 2.06. The molecule has 0 saturated carbocycles. The highest BCUT2D eigenvalue weighted by Crippen LogP contribution is 2.24. The number of hydrogen-bond acceptors (Lipinski definition) is 5. The molecule has 2 rings (SSSR count). The lowest BCUT2D eigenvalue weighted by molar-refractivity contribution is -0.111. The molecule has 1 aromatic heterocycles. The van der Waals surface area contributed by atoms with Crippen molar-refractivity contribution >= 4 is 23.6 Å². The Morgan fingerprint density at radius 2 is 2.14 bits per heavy atom. The number of nitrogens with one attached hydrogen (secondary N) is 1. The van der Waals surface area contributed by atoms with Crippen molar-refractivity contribution in [3.8, 4) is 5.75 Å². The van der Waals surface area contributed by atoms with Gasteiger partial charge in [0.1, 0.15) is 11.5 Å². The summed E-state index contributed by atoms with van der Waals surface area (Å²) in [5, 5.41) is 12.3. The third-order valence-corrected chi connectivity index (χ3v) is 2.62. The number of carbonyl (C=O) groups excluding carboxylic acids is 2. The fraction of sp³-hybridized carbons (Fsp3) is 0.0667. The van der Waals surface area contributed by atoms with Gasteiger partial charge >= 0.3 is 5.97 Å². The minimum absolute atomic E-state index is 0.191. The number of hydrogen-bond donors (Lipinski definition) is 2. The van der Waals surface area contributed by atoms with Gasteiger partial charge in [0.05, 0.1) is 24.6 Å². The summed E-state index contributed by atoms with van der Waals surface area (Å²) in [6.45, 7) is 0. The number of esters is 1. The van der Waals surface area contributed by atoms with Crippen LogP contribution >= 0.6 is 0 Å². The largest absolute Gasteiger partial charge is 0.506 e. The summed E-state index contributed by atoms with van der Waals surface area (Å²) in [4.78, 5) is 23.0. The highest BCUT2D eigenvalue weighted by atomic mass is 16.5. The molecule has 108 valence electrons. The van der Waals surface area contributed by atoms with Crippen molar-refractivity contribution in [3.63, 3.8) is 0 Å². The third kappa shape index (κ3) is 3.73. The van der Waals surface area contributed by atoms with Crippen LogP contribution in [-0.2, 0) is 9.53 Å². The van der Waals surface area contributed by atoms with Crippen molar-refractivity contribution in [1.29, 1.82) is 0 Å². The second-order valence-electron chi connectivity index (χ2n) is 4.06. The van der Waals surface area contributed by atoms with Crippen LogP contribution in [0.2, 0.25) is 0 Å². The van der Waals surface area contributed by atoms with Crippen molar-refractivity contribution < 1.29 is 23.8 Å². The Bertz CT molecular complexity index is 673. The first kappa shape index (κ1) is 14.4. The van der Waals surface area contributed by atoms with E-state index in [1.807, 2.05) is 0 Å². The van der Waals surface area contributed by atoms with Crippen molar-refractivity contribution in [2.45, 2.75) is 0 Å². The average Bonchev–Trinajstić information content (AvgIpc) is 2.99. The number of methoxy groups -OCH3 is 1. The second kappa shape index (κ2) is 6.42. The molecule has 0 fully saturated rings. The summed E-state index contributed by atoms with van der Waals surface area (Å²) < 4.78 is 9.58. The van der Waals surface area contributed by atoms with Crippen molar-refractivity contribution in [2.75, 3.05) is 12.4 Å². The molecule has 6 nitrogen and oxygen atoms in total. The Kier molecular flexibility index (Phi) is 4.40. The highest BCUT2D eigenvalue weighted by Gasteiger charge is 2.10. The smallest absolute Gasteiger partial charge is 0.337 e. The molecule has 0 aliphatic rings. The molecule has 0 atom stereocenters. The summed E-state index contributed by atoms with van der Waals surface area (Å²) in [5.74, 6) is -0.693. The van der Waals surface area contributed by atoms with Crippen molar-refractivity contribution in [1.82, 2.24) is 0 Å². The van der Waals surface area contributed by atoms with Gasteiger partial charge in [-0.25, -0.2) is 4.79 Å². The average molecular weight is 287 g/mol. The van der Waals surface area contributed by atoms with Gasteiger partial charge in [0.25, 0.3) is 0 Å². The van der Waals surface area contributed by atoms with E-state index in [0.717, 1.165) is 0 Å². The monoisotopic (exact) mass is 287 g/mol. The molecule has 0 saturated heterocycles. The summed E-state index contributed by atoms with van der Waals surface area (Å²) in [5.41, 5.74) is 0.385. The number of aromatic hydroxyl groups is 1. The predicted octanol–water partition coefficient (Wildman–Crippen LogP) is 2.42. The molecule has 21 heavy (non-hydrogen) atoms. The van der Waals surface area contributed by atoms with Gasteiger partial charge in [-0.05, 0) is 36.4 Å². The maximum atomic E-state index is 11.7. The SMILES string of the molecule is COC(=O)c1ccc(NC(=O)/C=C/c2ccco2)c(O)c1. The van der Waals surface area contributed by atoms with Crippen LogP contribution in [0.4, 0.5) is 5.69 Å². The van der Waals surface area contributed by atoms with Crippen LogP contribution in [0.15, 0.2) is 47.1 Å². The van der Waals surface area contributed by atoms with E-state index >= 15 is 0 Å². The van der Waals surface area contributed by atoms with Gasteiger partial charge in [-0.15, -0.1) is 0 Å². The Morgan fingerprint density at radius 3 is 2.76 bits per heavy atom. The van der Waals surface area contributed by atoms with E-state index < -0.39 is 11.9 Å². The Morgan fingerprint density at radius 1 is 1.33 bits per heavy atom. The van der Waals surface area contributed by atoms with Crippen LogP contribution in [0.1, 0.15) is 16.1 Å². The third-order valence-electron chi connectivity index (χ3n) is 2.62. The number of rotatable bonds is 4. The lowest BCUT2D eigenvalue weighted by Crippen LogP contribution is -2.08. The minimum atomic E-state index is -0.569. The lowest BCUT2D eigenvalue weighted by atomic mass is 10.2. The van der Waals surface area contributed by atoms with Crippen LogP contribution in [0, 0.1) is 0 Å². The van der Waals surface area contributed by atoms with E-state index in [0.29, 0.717) is 5.76 Å². The molecule has 6 heteroatoms. The van der Waals surface area contributed by atoms with Crippen LogP contribution < -0.4 is 5.32 Å². The van der Waals surface area contributed by atoms with E-state index in [4.69, 9.17) is 4.42 Å². The predicted molar refractivity (Wildman–Crippen MR) is 75.8 cm³/mol. The molecule has 0 aliphatic heterocycles. The van der Waals surface area contributed by atoms with Crippen molar-refractivity contribution in [3.05, 3.63) is 54.0 Å². The Hall–Kier alpha value is -3.02. The molecular formula is C15H13NO5. The zero-order valence-corrected chi connectivity index (χ0v) is 11.2. The zero-order chi connectivity index (χ0) is 15.2. The standard InChI is InChI=1S/C15H13NO5/c1-20-15(19)10-4-6-12(13(17)9-10)16-14(18)7-5-11-3-2-8-21-11/h2-9,17H,1H3,(H,16,18)/b7-5+. The molecule has 0 radical (unpaired) electrons. The normalized spacial score (nSPS) is 10.5. The number of furan rings is 1. The van der Waals surface area contributed by atoms with Crippen LogP contribution in [0.3, 0.4) is 0 Å². The van der Waals surface area contributed by atoms with Gasteiger partial charge < -0.3 is 19.6 Å². The van der Waals surface area contributed by atoms with E-state index in [9.17, 15) is 14.7 Å². The molecule has 0 aliphatic carbocycles. The molecule has 1 amide bonds. The van der Waals surface area contributed by atoms with Crippen molar-refractivity contribution in [2.24, 2.45) is 0 Å². The molecular weight excluding hydrogens is 274 g/mol.